The smallest absolute Gasteiger partial charge is 0.287 e. The molecular formula is C18H26N3O3+. The first-order valence-corrected chi connectivity index (χ1v) is 8.71. The fourth-order valence-corrected chi connectivity index (χ4v) is 3.74. The number of imide groups is 1. The number of likely N-dealkylation sites (N-methyl/N-ethyl adjacent to an activating group) is 1. The first kappa shape index (κ1) is 16.8. The number of hydrogen-bond donors (Lipinski definition) is 2. The van der Waals surface area contributed by atoms with Crippen LogP contribution < -0.4 is 15.0 Å². The van der Waals surface area contributed by atoms with Crippen molar-refractivity contribution in [1.29, 1.82) is 0 Å². The van der Waals surface area contributed by atoms with Crippen molar-refractivity contribution >= 4 is 17.5 Å². The van der Waals surface area contributed by atoms with E-state index in [-0.39, 0.29) is 17.9 Å². The van der Waals surface area contributed by atoms with Crippen LogP contribution in [-0.2, 0) is 9.59 Å². The summed E-state index contributed by atoms with van der Waals surface area (Å²) in [5, 5.41) is 3.55. The predicted octanol–water partition coefficient (Wildman–Crippen LogP) is 0.302. The molecule has 1 aromatic carbocycles. The summed E-state index contributed by atoms with van der Waals surface area (Å²) in [5.41, 5.74) is 1.09. The minimum Gasteiger partial charge on any atom is -0.497 e. The number of ether oxygens (including phenoxy) is 1. The number of nitrogens with zero attached hydrogens (tertiary/aromatic N) is 1. The molecule has 6 heteroatoms. The van der Waals surface area contributed by atoms with Crippen molar-refractivity contribution in [3.63, 3.8) is 0 Å². The fraction of sp³-hybridized carbons (Fsp3) is 0.556. The first-order valence-electron chi connectivity index (χ1n) is 8.71. The maximum Gasteiger partial charge on any atom is 0.287 e. The van der Waals surface area contributed by atoms with Crippen molar-refractivity contribution in [3.05, 3.63) is 24.3 Å². The molecule has 0 radical (unpaired) electrons. The van der Waals surface area contributed by atoms with Crippen LogP contribution in [0.4, 0.5) is 5.69 Å². The topological polar surface area (TPSA) is 63.1 Å². The van der Waals surface area contributed by atoms with E-state index in [1.807, 2.05) is 31.2 Å². The van der Waals surface area contributed by atoms with E-state index in [4.69, 9.17) is 4.74 Å². The molecule has 2 heterocycles. The third-order valence-electron chi connectivity index (χ3n) is 5.14. The van der Waals surface area contributed by atoms with Gasteiger partial charge in [0, 0.05) is 31.1 Å². The van der Waals surface area contributed by atoms with Crippen LogP contribution in [0.25, 0.3) is 0 Å². The molecular weight excluding hydrogens is 306 g/mol. The van der Waals surface area contributed by atoms with Gasteiger partial charge >= 0.3 is 0 Å². The van der Waals surface area contributed by atoms with E-state index in [1.54, 1.807) is 7.11 Å². The SMILES string of the molecule is CCN1C(=O)C[C@H]([NH+]2CCC(Nc3ccc(OC)cc3)CC2)C1=O. The molecule has 0 bridgehead atoms. The highest BCUT2D eigenvalue weighted by Crippen LogP contribution is 2.18. The number of anilines is 1. The van der Waals surface area contributed by atoms with Crippen LogP contribution in [-0.4, -0.2) is 55.5 Å². The molecule has 2 N–H and O–H groups in total. The molecule has 2 amide bonds. The van der Waals surface area contributed by atoms with Crippen LogP contribution >= 0.6 is 0 Å². The van der Waals surface area contributed by atoms with Gasteiger partial charge in [0.1, 0.15) is 5.75 Å². The van der Waals surface area contributed by atoms with Gasteiger partial charge in [0.05, 0.1) is 26.6 Å². The lowest BCUT2D eigenvalue weighted by molar-refractivity contribution is -0.919. The number of methoxy groups -OCH3 is 1. The molecule has 24 heavy (non-hydrogen) atoms. The lowest BCUT2D eigenvalue weighted by Gasteiger charge is -2.32. The first-order chi connectivity index (χ1) is 11.6. The number of likely N-dealkylation sites (tertiary alicyclic amines) is 2. The van der Waals surface area contributed by atoms with E-state index < -0.39 is 0 Å². The molecule has 130 valence electrons. The van der Waals surface area contributed by atoms with Crippen LogP contribution in [0.3, 0.4) is 0 Å². The summed E-state index contributed by atoms with van der Waals surface area (Å²) in [6.07, 6.45) is 2.38. The number of carbonyl (C=O) groups is 2. The molecule has 2 aliphatic heterocycles. The van der Waals surface area contributed by atoms with Gasteiger partial charge in [-0.15, -0.1) is 0 Å². The Hall–Kier alpha value is -2.08. The normalized spacial score (nSPS) is 27.4. The summed E-state index contributed by atoms with van der Waals surface area (Å²) in [7, 11) is 1.66. The lowest BCUT2D eigenvalue weighted by Crippen LogP contribution is -3.17. The maximum atomic E-state index is 12.3. The van der Waals surface area contributed by atoms with Crippen molar-refractivity contribution in [1.82, 2.24) is 4.90 Å². The average Bonchev–Trinajstić information content (AvgIpc) is 2.90. The van der Waals surface area contributed by atoms with Gasteiger partial charge in [-0.1, -0.05) is 0 Å². The molecule has 0 unspecified atom stereocenters. The Morgan fingerprint density at radius 3 is 2.42 bits per heavy atom. The minimum absolute atomic E-state index is 0.0130. The van der Waals surface area contributed by atoms with Crippen LogP contribution in [0.5, 0.6) is 5.75 Å². The van der Waals surface area contributed by atoms with E-state index in [9.17, 15) is 9.59 Å². The summed E-state index contributed by atoms with van der Waals surface area (Å²) in [5.74, 6) is 0.849. The monoisotopic (exact) mass is 332 g/mol. The quantitative estimate of drug-likeness (QED) is 0.762. The molecule has 1 aromatic rings. The number of rotatable bonds is 5. The van der Waals surface area contributed by atoms with Crippen molar-refractivity contribution in [2.24, 2.45) is 0 Å². The Labute approximate surface area is 142 Å². The molecule has 3 rings (SSSR count). The number of benzene rings is 1. The number of hydrogen-bond acceptors (Lipinski definition) is 4. The zero-order valence-electron chi connectivity index (χ0n) is 14.4. The molecule has 1 atom stereocenters. The third-order valence-corrected chi connectivity index (χ3v) is 5.14. The van der Waals surface area contributed by atoms with E-state index in [2.05, 4.69) is 5.32 Å². The van der Waals surface area contributed by atoms with E-state index in [0.717, 1.165) is 37.4 Å². The molecule has 0 saturated carbocycles. The van der Waals surface area contributed by atoms with Gasteiger partial charge < -0.3 is 15.0 Å². The Bertz CT molecular complexity index is 594. The standard InChI is InChI=1S/C18H25N3O3/c1-3-21-17(22)12-16(18(21)23)20-10-8-14(9-11-20)19-13-4-6-15(24-2)7-5-13/h4-7,14,16,19H,3,8-12H2,1-2H3/p+1/t16-/m0/s1. The maximum absolute atomic E-state index is 12.3. The second-order valence-corrected chi connectivity index (χ2v) is 6.54. The van der Waals surface area contributed by atoms with Gasteiger partial charge in [-0.25, -0.2) is 0 Å². The lowest BCUT2D eigenvalue weighted by atomic mass is 10.0. The highest BCUT2D eigenvalue weighted by atomic mass is 16.5. The van der Waals surface area contributed by atoms with Gasteiger partial charge in [0.2, 0.25) is 5.91 Å². The second kappa shape index (κ2) is 7.21. The molecule has 2 fully saturated rings. The Morgan fingerprint density at radius 2 is 1.88 bits per heavy atom. The van der Waals surface area contributed by atoms with Crippen molar-refractivity contribution < 1.29 is 19.2 Å². The van der Waals surface area contributed by atoms with E-state index >= 15 is 0 Å². The van der Waals surface area contributed by atoms with Gasteiger partial charge in [-0.3, -0.25) is 14.5 Å². The average molecular weight is 332 g/mol. The summed E-state index contributed by atoms with van der Waals surface area (Å²) >= 11 is 0. The van der Waals surface area contributed by atoms with Crippen LogP contribution in [0, 0.1) is 0 Å². The largest absolute Gasteiger partial charge is 0.497 e. The van der Waals surface area contributed by atoms with Crippen LogP contribution in [0.1, 0.15) is 26.2 Å². The highest BCUT2D eigenvalue weighted by Gasteiger charge is 2.45. The van der Waals surface area contributed by atoms with Crippen LogP contribution in [0.2, 0.25) is 0 Å². The summed E-state index contributed by atoms with van der Waals surface area (Å²) in [6, 6.07) is 8.19. The summed E-state index contributed by atoms with van der Waals surface area (Å²) < 4.78 is 5.17. The number of amides is 2. The van der Waals surface area contributed by atoms with Gasteiger partial charge in [-0.2, -0.15) is 0 Å². The summed E-state index contributed by atoms with van der Waals surface area (Å²) in [6.45, 7) is 4.20. The summed E-state index contributed by atoms with van der Waals surface area (Å²) in [4.78, 5) is 26.9. The Balaban J connectivity index is 1.52. The Kier molecular flexibility index (Phi) is 5.04. The highest BCUT2D eigenvalue weighted by molar-refractivity contribution is 6.04. The zero-order valence-corrected chi connectivity index (χ0v) is 14.4. The van der Waals surface area contributed by atoms with E-state index in [1.165, 1.54) is 9.80 Å². The second-order valence-electron chi connectivity index (χ2n) is 6.54. The number of carbonyl (C=O) groups excluding carboxylic acids is 2. The number of nitrogens with one attached hydrogen (secondary N) is 2. The van der Waals surface area contributed by atoms with E-state index in [0.29, 0.717) is 19.0 Å². The molecule has 2 saturated heterocycles. The zero-order chi connectivity index (χ0) is 17.1. The van der Waals surface area contributed by atoms with Crippen molar-refractivity contribution in [3.8, 4) is 5.75 Å². The fourth-order valence-electron chi connectivity index (χ4n) is 3.74. The molecule has 0 aliphatic carbocycles. The predicted molar refractivity (Wildman–Crippen MR) is 91.1 cm³/mol. The van der Waals surface area contributed by atoms with Crippen LogP contribution in [0.15, 0.2) is 24.3 Å². The number of piperidine rings is 1. The van der Waals surface area contributed by atoms with Gasteiger partial charge in [-0.05, 0) is 31.2 Å². The van der Waals surface area contributed by atoms with Crippen molar-refractivity contribution in [2.75, 3.05) is 32.1 Å². The molecule has 6 nitrogen and oxygen atoms in total. The van der Waals surface area contributed by atoms with Crippen molar-refractivity contribution in [2.45, 2.75) is 38.3 Å². The van der Waals surface area contributed by atoms with Gasteiger partial charge in [0.25, 0.3) is 5.91 Å². The molecule has 0 aromatic heterocycles. The minimum atomic E-state index is -0.167. The molecule has 0 spiro atoms. The van der Waals surface area contributed by atoms with Gasteiger partial charge in [0.15, 0.2) is 6.04 Å². The molecule has 2 aliphatic rings. The number of quaternary nitrogens is 1. The Morgan fingerprint density at radius 1 is 1.21 bits per heavy atom. The third kappa shape index (κ3) is 3.38.